The van der Waals surface area contributed by atoms with Gasteiger partial charge in [-0.3, -0.25) is 4.79 Å². The predicted octanol–water partition coefficient (Wildman–Crippen LogP) is 1.76. The third-order valence-electron chi connectivity index (χ3n) is 4.05. The van der Waals surface area contributed by atoms with Gasteiger partial charge in [-0.15, -0.1) is 0 Å². The average molecular weight is 198 g/mol. The van der Waals surface area contributed by atoms with E-state index in [9.17, 15) is 4.79 Å². The summed E-state index contributed by atoms with van der Waals surface area (Å²) >= 11 is 0. The molecule has 80 valence electrons. The minimum Gasteiger partial charge on any atom is -0.469 e. The first-order valence-electron chi connectivity index (χ1n) is 5.24. The molecule has 14 heavy (non-hydrogen) atoms. The Kier molecular flexibility index (Phi) is 2.30. The van der Waals surface area contributed by atoms with E-state index in [1.54, 1.807) is 7.11 Å². The summed E-state index contributed by atoms with van der Waals surface area (Å²) in [6.07, 6.45) is 5.19. The Bertz CT molecular complexity index is 239. The van der Waals surface area contributed by atoms with E-state index < -0.39 is 0 Å². The Labute approximate surface area is 84.8 Å². The highest BCUT2D eigenvalue weighted by atomic mass is 16.5. The van der Waals surface area contributed by atoms with E-state index in [1.165, 1.54) is 7.11 Å². The lowest BCUT2D eigenvalue weighted by Crippen LogP contribution is -2.27. The molecular formula is C11H18O3. The normalized spacial score (nSPS) is 40.1. The molecule has 0 unspecified atom stereocenters. The maximum atomic E-state index is 11.7. The number of hydrogen-bond donors (Lipinski definition) is 0. The standard InChI is InChI=1S/C11H18O3/c1-13-8-10-3-5-11(7-10,6-4-10)9(12)14-2/h3-8H2,1-2H3. The molecular weight excluding hydrogens is 180 g/mol. The predicted molar refractivity (Wildman–Crippen MR) is 51.8 cm³/mol. The molecule has 2 saturated carbocycles. The third kappa shape index (κ3) is 1.26. The van der Waals surface area contributed by atoms with Gasteiger partial charge in [0.15, 0.2) is 0 Å². The van der Waals surface area contributed by atoms with E-state index in [4.69, 9.17) is 9.47 Å². The molecule has 0 aliphatic heterocycles. The van der Waals surface area contributed by atoms with Crippen LogP contribution in [0.15, 0.2) is 0 Å². The molecule has 0 amide bonds. The molecule has 2 aliphatic carbocycles. The fraction of sp³-hybridized carbons (Fsp3) is 0.909. The SMILES string of the molecule is COCC12CCC(C(=O)OC)(CC1)C2. The van der Waals surface area contributed by atoms with E-state index in [0.29, 0.717) is 0 Å². The molecule has 0 heterocycles. The van der Waals surface area contributed by atoms with Crippen LogP contribution in [-0.4, -0.2) is 26.8 Å². The Balaban J connectivity index is 2.12. The zero-order valence-electron chi connectivity index (χ0n) is 8.97. The van der Waals surface area contributed by atoms with Crippen molar-refractivity contribution < 1.29 is 14.3 Å². The second-order valence-electron chi connectivity index (χ2n) is 4.88. The highest BCUT2D eigenvalue weighted by Crippen LogP contribution is 2.61. The van der Waals surface area contributed by atoms with Gasteiger partial charge >= 0.3 is 5.97 Å². The van der Waals surface area contributed by atoms with Crippen molar-refractivity contribution in [1.82, 2.24) is 0 Å². The van der Waals surface area contributed by atoms with Crippen LogP contribution in [-0.2, 0) is 14.3 Å². The number of carbonyl (C=O) groups is 1. The maximum absolute atomic E-state index is 11.7. The molecule has 0 radical (unpaired) electrons. The van der Waals surface area contributed by atoms with Gasteiger partial charge in [0.05, 0.1) is 19.1 Å². The molecule has 3 nitrogen and oxygen atoms in total. The topological polar surface area (TPSA) is 35.5 Å². The summed E-state index contributed by atoms with van der Waals surface area (Å²) in [6.45, 7) is 0.797. The lowest BCUT2D eigenvalue weighted by atomic mass is 9.82. The Morgan fingerprint density at radius 3 is 2.36 bits per heavy atom. The molecule has 0 aromatic rings. The van der Waals surface area contributed by atoms with Crippen LogP contribution >= 0.6 is 0 Å². The van der Waals surface area contributed by atoms with E-state index >= 15 is 0 Å². The lowest BCUT2D eigenvalue weighted by Gasteiger charge is -2.25. The molecule has 3 heteroatoms. The first-order valence-corrected chi connectivity index (χ1v) is 5.24. The van der Waals surface area contributed by atoms with Crippen LogP contribution < -0.4 is 0 Å². The molecule has 0 saturated heterocycles. The summed E-state index contributed by atoms with van der Waals surface area (Å²) in [5.41, 5.74) is 0.121. The summed E-state index contributed by atoms with van der Waals surface area (Å²) in [6, 6.07) is 0. The van der Waals surface area contributed by atoms with Gasteiger partial charge in [-0.1, -0.05) is 0 Å². The van der Waals surface area contributed by atoms with Crippen molar-refractivity contribution in [2.45, 2.75) is 32.1 Å². The van der Waals surface area contributed by atoms with Crippen LogP contribution in [0.25, 0.3) is 0 Å². The Hall–Kier alpha value is -0.570. The number of methoxy groups -OCH3 is 2. The summed E-state index contributed by atoms with van der Waals surface area (Å²) < 4.78 is 10.2. The van der Waals surface area contributed by atoms with Crippen molar-refractivity contribution in [2.24, 2.45) is 10.8 Å². The van der Waals surface area contributed by atoms with Crippen LogP contribution in [0.2, 0.25) is 0 Å². The zero-order valence-corrected chi connectivity index (χ0v) is 8.97. The van der Waals surface area contributed by atoms with Crippen molar-refractivity contribution in [1.29, 1.82) is 0 Å². The van der Waals surface area contributed by atoms with Gasteiger partial charge in [0.1, 0.15) is 0 Å². The minimum absolute atomic E-state index is 0.00650. The van der Waals surface area contributed by atoms with Crippen molar-refractivity contribution in [2.75, 3.05) is 20.8 Å². The summed E-state index contributed by atoms with van der Waals surface area (Å²) in [7, 11) is 3.23. The molecule has 0 spiro atoms. The second-order valence-corrected chi connectivity index (χ2v) is 4.88. The lowest BCUT2D eigenvalue weighted by molar-refractivity contribution is -0.152. The largest absolute Gasteiger partial charge is 0.469 e. The number of hydrogen-bond acceptors (Lipinski definition) is 3. The van der Waals surface area contributed by atoms with Crippen molar-refractivity contribution in [3.63, 3.8) is 0 Å². The number of rotatable bonds is 3. The van der Waals surface area contributed by atoms with Gasteiger partial charge in [-0.25, -0.2) is 0 Å². The van der Waals surface area contributed by atoms with Crippen molar-refractivity contribution in [3.8, 4) is 0 Å². The summed E-state index contributed by atoms with van der Waals surface area (Å²) in [4.78, 5) is 11.7. The molecule has 0 aromatic heterocycles. The molecule has 0 N–H and O–H groups in total. The van der Waals surface area contributed by atoms with Gasteiger partial charge in [-0.05, 0) is 37.5 Å². The minimum atomic E-state index is -0.159. The molecule has 2 fully saturated rings. The van der Waals surface area contributed by atoms with Crippen molar-refractivity contribution >= 4 is 5.97 Å². The second kappa shape index (κ2) is 3.23. The smallest absolute Gasteiger partial charge is 0.311 e. The first-order chi connectivity index (χ1) is 6.66. The quantitative estimate of drug-likeness (QED) is 0.648. The molecule has 0 atom stereocenters. The van der Waals surface area contributed by atoms with Gasteiger partial charge in [0, 0.05) is 7.11 Å². The zero-order chi connectivity index (χ0) is 10.2. The van der Waals surface area contributed by atoms with Crippen LogP contribution in [0.1, 0.15) is 32.1 Å². The van der Waals surface area contributed by atoms with Gasteiger partial charge in [0.2, 0.25) is 0 Å². The average Bonchev–Trinajstić information content (AvgIpc) is 2.74. The fourth-order valence-corrected chi connectivity index (χ4v) is 3.32. The monoisotopic (exact) mass is 198 g/mol. The number of esters is 1. The van der Waals surface area contributed by atoms with Gasteiger partial charge < -0.3 is 9.47 Å². The third-order valence-corrected chi connectivity index (χ3v) is 4.05. The Morgan fingerprint density at radius 1 is 1.21 bits per heavy atom. The molecule has 0 aromatic carbocycles. The number of ether oxygens (including phenoxy) is 2. The number of carbonyl (C=O) groups excluding carboxylic acids is 1. The van der Waals surface area contributed by atoms with E-state index in [1.807, 2.05) is 0 Å². The number of fused-ring (bicyclic) bond motifs is 2. The molecule has 2 rings (SSSR count). The summed E-state index contributed by atoms with van der Waals surface area (Å²) in [5.74, 6) is -0.00650. The highest BCUT2D eigenvalue weighted by Gasteiger charge is 2.58. The van der Waals surface area contributed by atoms with Gasteiger partial charge in [-0.2, -0.15) is 0 Å². The first kappa shape index (κ1) is 9.97. The van der Waals surface area contributed by atoms with Crippen LogP contribution in [0.4, 0.5) is 0 Å². The molecule has 2 aliphatic rings. The van der Waals surface area contributed by atoms with E-state index in [-0.39, 0.29) is 16.8 Å². The van der Waals surface area contributed by atoms with E-state index in [0.717, 1.165) is 38.7 Å². The van der Waals surface area contributed by atoms with Gasteiger partial charge in [0.25, 0.3) is 0 Å². The fourth-order valence-electron chi connectivity index (χ4n) is 3.32. The van der Waals surface area contributed by atoms with Crippen LogP contribution in [0.3, 0.4) is 0 Å². The molecule has 2 bridgehead atoms. The highest BCUT2D eigenvalue weighted by molar-refractivity contribution is 5.77. The van der Waals surface area contributed by atoms with Crippen LogP contribution in [0, 0.1) is 10.8 Å². The summed E-state index contributed by atoms with van der Waals surface area (Å²) in [5, 5.41) is 0. The Morgan fingerprint density at radius 2 is 1.86 bits per heavy atom. The van der Waals surface area contributed by atoms with Crippen LogP contribution in [0.5, 0.6) is 0 Å². The maximum Gasteiger partial charge on any atom is 0.311 e. The van der Waals surface area contributed by atoms with Crippen molar-refractivity contribution in [3.05, 3.63) is 0 Å². The van der Waals surface area contributed by atoms with E-state index in [2.05, 4.69) is 0 Å².